The lowest BCUT2D eigenvalue weighted by molar-refractivity contribution is 0.339. The van der Waals surface area contributed by atoms with Crippen LogP contribution in [0.1, 0.15) is 33.3 Å². The van der Waals surface area contributed by atoms with Crippen LogP contribution >= 0.6 is 0 Å². The van der Waals surface area contributed by atoms with Gasteiger partial charge in [-0.15, -0.1) is 5.73 Å². The molecule has 0 fully saturated rings. The summed E-state index contributed by atoms with van der Waals surface area (Å²) < 4.78 is 11.1. The summed E-state index contributed by atoms with van der Waals surface area (Å²) in [6.45, 7) is 8.24. The van der Waals surface area contributed by atoms with E-state index in [9.17, 15) is 0 Å². The first-order valence-corrected chi connectivity index (χ1v) is 8.20. The second-order valence-corrected chi connectivity index (χ2v) is 6.34. The largest absolute Gasteiger partial charge is 0.483 e. The molecule has 2 rings (SSSR count). The smallest absolute Gasteiger partial charge is 0.214 e. The Hall–Kier alpha value is -2.32. The van der Waals surface area contributed by atoms with Gasteiger partial charge in [0.1, 0.15) is 6.04 Å². The highest BCUT2D eigenvalue weighted by atomic mass is 16.5. The van der Waals surface area contributed by atoms with Gasteiger partial charge < -0.3 is 9.47 Å². The molecule has 0 saturated heterocycles. The Bertz CT molecular complexity index is 692. The number of rotatable bonds is 3. The molecular weight excluding hydrogens is 300 g/mol. The molecule has 1 aromatic rings. The van der Waals surface area contributed by atoms with Crippen LogP contribution in [0, 0.1) is 5.92 Å². The first-order chi connectivity index (χ1) is 11.5. The molecule has 0 aromatic heterocycles. The number of methoxy groups -OCH3 is 2. The number of aliphatic imine (C=N–C) groups is 2. The van der Waals surface area contributed by atoms with Crippen LogP contribution in [0.5, 0.6) is 0 Å². The first kappa shape index (κ1) is 18.0. The van der Waals surface area contributed by atoms with Crippen LogP contribution in [0.4, 0.5) is 0 Å². The molecule has 2 atom stereocenters. The molecule has 128 valence electrons. The van der Waals surface area contributed by atoms with Crippen LogP contribution < -0.4 is 0 Å². The van der Waals surface area contributed by atoms with E-state index in [-0.39, 0.29) is 18.0 Å². The SMILES string of the molecule is COC1=N[C@@H](C(C)C)C(OC)=N[C@H]1C(=C=C(C)C)c1ccccc1. The van der Waals surface area contributed by atoms with Gasteiger partial charge in [-0.25, -0.2) is 9.98 Å². The number of ether oxygens (including phenoxy) is 2. The lowest BCUT2D eigenvalue weighted by Gasteiger charge is -2.27. The predicted octanol–water partition coefficient (Wildman–Crippen LogP) is 4.13. The Morgan fingerprint density at radius 1 is 1.00 bits per heavy atom. The lowest BCUT2D eigenvalue weighted by atomic mass is 9.96. The van der Waals surface area contributed by atoms with Gasteiger partial charge in [0, 0.05) is 5.57 Å². The molecule has 0 unspecified atom stereocenters. The molecular formula is C20H26N2O2. The highest BCUT2D eigenvalue weighted by molar-refractivity contribution is 6.02. The van der Waals surface area contributed by atoms with Gasteiger partial charge in [0.05, 0.1) is 14.2 Å². The average molecular weight is 326 g/mol. The Balaban J connectivity index is 2.60. The molecule has 1 heterocycles. The summed E-state index contributed by atoms with van der Waals surface area (Å²) in [6, 6.07) is 9.64. The molecule has 0 amide bonds. The fourth-order valence-electron chi connectivity index (χ4n) is 2.67. The van der Waals surface area contributed by atoms with E-state index in [4.69, 9.17) is 19.5 Å². The molecule has 1 aromatic carbocycles. The Kier molecular flexibility index (Phi) is 5.99. The monoisotopic (exact) mass is 326 g/mol. The molecule has 0 aliphatic carbocycles. The molecule has 0 spiro atoms. The van der Waals surface area contributed by atoms with Crippen molar-refractivity contribution < 1.29 is 9.47 Å². The molecule has 0 bridgehead atoms. The maximum atomic E-state index is 5.58. The molecule has 4 heteroatoms. The summed E-state index contributed by atoms with van der Waals surface area (Å²) in [5.41, 5.74) is 6.49. The fourth-order valence-corrected chi connectivity index (χ4v) is 2.67. The topological polar surface area (TPSA) is 43.2 Å². The number of hydrogen-bond donors (Lipinski definition) is 0. The maximum absolute atomic E-state index is 5.58. The molecule has 0 radical (unpaired) electrons. The molecule has 0 N–H and O–H groups in total. The third kappa shape index (κ3) is 3.95. The van der Waals surface area contributed by atoms with Gasteiger partial charge in [0.25, 0.3) is 0 Å². The van der Waals surface area contributed by atoms with E-state index in [2.05, 4.69) is 31.7 Å². The minimum Gasteiger partial charge on any atom is -0.483 e. The molecule has 4 nitrogen and oxygen atoms in total. The summed E-state index contributed by atoms with van der Waals surface area (Å²) in [6.07, 6.45) is 0. The lowest BCUT2D eigenvalue weighted by Crippen LogP contribution is -2.37. The third-order valence-electron chi connectivity index (χ3n) is 3.80. The van der Waals surface area contributed by atoms with Crippen LogP contribution in [0.25, 0.3) is 5.57 Å². The van der Waals surface area contributed by atoms with Crippen molar-refractivity contribution in [1.82, 2.24) is 0 Å². The van der Waals surface area contributed by atoms with E-state index in [0.717, 1.165) is 16.7 Å². The maximum Gasteiger partial charge on any atom is 0.214 e. The Labute approximate surface area is 144 Å². The second kappa shape index (κ2) is 7.98. The average Bonchev–Trinajstić information content (AvgIpc) is 2.59. The van der Waals surface area contributed by atoms with E-state index in [0.29, 0.717) is 11.8 Å². The standard InChI is InChI=1S/C20H26N2O2/c1-13(2)12-16(15-10-8-7-9-11-15)18-20(24-6)21-17(14(3)4)19(22-18)23-5/h7-11,14,17-18H,1-6H3/t17-,18-/m0/s1. The highest BCUT2D eigenvalue weighted by Crippen LogP contribution is 2.27. The van der Waals surface area contributed by atoms with Gasteiger partial charge in [-0.05, 0) is 30.9 Å². The van der Waals surface area contributed by atoms with Crippen molar-refractivity contribution in [3.8, 4) is 0 Å². The van der Waals surface area contributed by atoms with E-state index < -0.39 is 0 Å². The minimum atomic E-state index is -0.350. The normalized spacial score (nSPS) is 20.0. The fraction of sp³-hybridized carbons (Fsp3) is 0.450. The Morgan fingerprint density at radius 3 is 2.12 bits per heavy atom. The number of nitrogens with zero attached hydrogens (tertiary/aromatic N) is 2. The Morgan fingerprint density at radius 2 is 1.62 bits per heavy atom. The predicted molar refractivity (Wildman–Crippen MR) is 99.5 cm³/mol. The van der Waals surface area contributed by atoms with Crippen LogP contribution in [0.15, 0.2) is 51.6 Å². The summed E-state index contributed by atoms with van der Waals surface area (Å²) in [5, 5.41) is 0. The van der Waals surface area contributed by atoms with E-state index in [1.54, 1.807) is 14.2 Å². The first-order valence-electron chi connectivity index (χ1n) is 8.20. The van der Waals surface area contributed by atoms with Crippen molar-refractivity contribution in [2.24, 2.45) is 15.9 Å². The summed E-state index contributed by atoms with van der Waals surface area (Å²) in [5.74, 6) is 1.52. The van der Waals surface area contributed by atoms with E-state index in [1.165, 1.54) is 0 Å². The third-order valence-corrected chi connectivity index (χ3v) is 3.80. The van der Waals surface area contributed by atoms with Crippen molar-refractivity contribution in [2.75, 3.05) is 14.2 Å². The molecule has 1 aliphatic rings. The van der Waals surface area contributed by atoms with Crippen LogP contribution in [0.3, 0.4) is 0 Å². The van der Waals surface area contributed by atoms with Crippen LogP contribution in [-0.4, -0.2) is 38.1 Å². The molecule has 1 aliphatic heterocycles. The number of hydrogen-bond acceptors (Lipinski definition) is 4. The zero-order valence-corrected chi connectivity index (χ0v) is 15.3. The van der Waals surface area contributed by atoms with Crippen LogP contribution in [-0.2, 0) is 9.47 Å². The highest BCUT2D eigenvalue weighted by Gasteiger charge is 2.33. The van der Waals surface area contributed by atoms with E-state index >= 15 is 0 Å². The zero-order chi connectivity index (χ0) is 17.7. The van der Waals surface area contributed by atoms with Crippen molar-refractivity contribution in [1.29, 1.82) is 0 Å². The van der Waals surface area contributed by atoms with Gasteiger partial charge >= 0.3 is 0 Å². The van der Waals surface area contributed by atoms with Crippen molar-refractivity contribution in [2.45, 2.75) is 39.8 Å². The van der Waals surface area contributed by atoms with Gasteiger partial charge in [0.15, 0.2) is 6.04 Å². The second-order valence-electron chi connectivity index (χ2n) is 6.34. The van der Waals surface area contributed by atoms with Crippen molar-refractivity contribution in [3.05, 3.63) is 47.2 Å². The molecule has 0 saturated carbocycles. The number of benzene rings is 1. The molecule has 24 heavy (non-hydrogen) atoms. The van der Waals surface area contributed by atoms with Gasteiger partial charge in [-0.3, -0.25) is 0 Å². The summed E-state index contributed by atoms with van der Waals surface area (Å²) in [7, 11) is 3.28. The quantitative estimate of drug-likeness (QED) is 0.784. The zero-order valence-electron chi connectivity index (χ0n) is 15.3. The van der Waals surface area contributed by atoms with Gasteiger partial charge in [-0.2, -0.15) is 0 Å². The minimum absolute atomic E-state index is 0.120. The van der Waals surface area contributed by atoms with Crippen molar-refractivity contribution >= 4 is 17.4 Å². The van der Waals surface area contributed by atoms with Crippen LogP contribution in [0.2, 0.25) is 0 Å². The van der Waals surface area contributed by atoms with Gasteiger partial charge in [-0.1, -0.05) is 44.2 Å². The van der Waals surface area contributed by atoms with Crippen molar-refractivity contribution in [3.63, 3.8) is 0 Å². The summed E-state index contributed by atoms with van der Waals surface area (Å²) in [4.78, 5) is 9.57. The van der Waals surface area contributed by atoms with Gasteiger partial charge in [0.2, 0.25) is 11.8 Å². The van der Waals surface area contributed by atoms with E-state index in [1.807, 2.05) is 32.0 Å². The summed E-state index contributed by atoms with van der Waals surface area (Å²) >= 11 is 0.